The third-order valence-corrected chi connectivity index (χ3v) is 5.25. The van der Waals surface area contributed by atoms with Crippen molar-refractivity contribution in [3.8, 4) is 11.3 Å². The molecule has 4 rings (SSSR count). The minimum absolute atomic E-state index is 0.0568. The van der Waals surface area contributed by atoms with Crippen molar-refractivity contribution >= 4 is 16.3 Å². The van der Waals surface area contributed by atoms with Gasteiger partial charge >= 0.3 is 0 Å². The second-order valence-electron chi connectivity index (χ2n) is 7.26. The summed E-state index contributed by atoms with van der Waals surface area (Å²) in [4.78, 5) is 0. The van der Waals surface area contributed by atoms with Gasteiger partial charge in [-0.15, -0.1) is 0 Å². The number of hydrogen-bond acceptors (Lipinski definition) is 0. The Morgan fingerprint density at radius 2 is 1.75 bits per heavy atom. The second kappa shape index (κ2) is 5.31. The number of nitrogens with zero attached hydrogens (tertiary/aromatic N) is 1. The molecule has 120 valence electrons. The van der Waals surface area contributed by atoms with Gasteiger partial charge in [0, 0.05) is 25.5 Å². The lowest BCUT2D eigenvalue weighted by atomic mass is 9.79. The molecule has 1 aliphatic rings. The van der Waals surface area contributed by atoms with Crippen molar-refractivity contribution in [2.45, 2.75) is 39.7 Å². The SMILES string of the molecule is CCC=C1c2ccccc2-c2c3ccc(C)cc3cc[n+]2C1(C)C. The first kappa shape index (κ1) is 15.1. The highest BCUT2D eigenvalue weighted by Crippen LogP contribution is 2.42. The molecule has 0 radical (unpaired) electrons. The first-order valence-electron chi connectivity index (χ1n) is 8.80. The van der Waals surface area contributed by atoms with Gasteiger partial charge in [-0.2, -0.15) is 4.57 Å². The fourth-order valence-corrected chi connectivity index (χ4v) is 4.08. The minimum atomic E-state index is -0.0568. The largest absolute Gasteiger partial charge is 0.221 e. The molecule has 0 atom stereocenters. The normalized spacial score (nSPS) is 16.9. The molecule has 0 amide bonds. The van der Waals surface area contributed by atoms with Crippen LogP contribution in [0.4, 0.5) is 0 Å². The summed E-state index contributed by atoms with van der Waals surface area (Å²) in [5, 5.41) is 2.65. The Morgan fingerprint density at radius 3 is 2.50 bits per heavy atom. The van der Waals surface area contributed by atoms with Crippen LogP contribution in [0.2, 0.25) is 0 Å². The predicted octanol–water partition coefficient (Wildman–Crippen LogP) is 5.64. The van der Waals surface area contributed by atoms with Crippen LogP contribution in [0.1, 0.15) is 38.3 Å². The molecular weight excluding hydrogens is 290 g/mol. The molecular formula is C23H24N+. The zero-order valence-electron chi connectivity index (χ0n) is 14.9. The van der Waals surface area contributed by atoms with E-state index in [1.165, 1.54) is 38.7 Å². The van der Waals surface area contributed by atoms with E-state index < -0.39 is 0 Å². The van der Waals surface area contributed by atoms with Crippen molar-refractivity contribution in [3.63, 3.8) is 0 Å². The van der Waals surface area contributed by atoms with E-state index >= 15 is 0 Å². The van der Waals surface area contributed by atoms with E-state index in [9.17, 15) is 0 Å². The molecule has 1 aliphatic heterocycles. The highest BCUT2D eigenvalue weighted by Gasteiger charge is 2.42. The maximum absolute atomic E-state index is 2.45. The number of rotatable bonds is 1. The van der Waals surface area contributed by atoms with Crippen molar-refractivity contribution in [1.29, 1.82) is 0 Å². The summed E-state index contributed by atoms with van der Waals surface area (Å²) in [7, 11) is 0. The number of benzene rings is 2. The van der Waals surface area contributed by atoms with Crippen LogP contribution in [0.25, 0.3) is 27.6 Å². The zero-order chi connectivity index (χ0) is 16.9. The third-order valence-electron chi connectivity index (χ3n) is 5.25. The average molecular weight is 314 g/mol. The van der Waals surface area contributed by atoms with Gasteiger partial charge in [0.2, 0.25) is 5.69 Å². The van der Waals surface area contributed by atoms with Crippen molar-refractivity contribution in [2.24, 2.45) is 0 Å². The Kier molecular flexibility index (Phi) is 3.35. The van der Waals surface area contributed by atoms with Crippen LogP contribution < -0.4 is 4.57 Å². The summed E-state index contributed by atoms with van der Waals surface area (Å²) in [6, 6.07) is 17.9. The Bertz CT molecular complexity index is 976. The Hall–Kier alpha value is -2.41. The second-order valence-corrected chi connectivity index (χ2v) is 7.26. The first-order valence-corrected chi connectivity index (χ1v) is 8.80. The van der Waals surface area contributed by atoms with Crippen LogP contribution in [-0.4, -0.2) is 0 Å². The van der Waals surface area contributed by atoms with E-state index in [2.05, 4.69) is 93.1 Å². The highest BCUT2D eigenvalue weighted by molar-refractivity contribution is 5.97. The molecule has 1 nitrogen and oxygen atoms in total. The van der Waals surface area contributed by atoms with Crippen LogP contribution in [-0.2, 0) is 5.54 Å². The maximum atomic E-state index is 2.45. The molecule has 0 saturated carbocycles. The number of aryl methyl sites for hydroxylation is 1. The van der Waals surface area contributed by atoms with E-state index in [4.69, 9.17) is 0 Å². The standard InChI is InChI=1S/C23H24N/c1-5-8-21-19-9-6-7-10-20(19)22-18-12-11-16(2)15-17(18)13-14-24(22)23(21,3)4/h6-15H,5H2,1-4H3/q+1. The third kappa shape index (κ3) is 2.04. The quantitative estimate of drug-likeness (QED) is 0.511. The van der Waals surface area contributed by atoms with E-state index in [1.54, 1.807) is 0 Å². The summed E-state index contributed by atoms with van der Waals surface area (Å²) in [5.41, 5.74) is 6.72. The molecule has 3 aromatic rings. The van der Waals surface area contributed by atoms with Gasteiger partial charge < -0.3 is 0 Å². The fourth-order valence-electron chi connectivity index (χ4n) is 4.08. The topological polar surface area (TPSA) is 3.88 Å². The predicted molar refractivity (Wildman–Crippen MR) is 102 cm³/mol. The molecule has 0 saturated heterocycles. The van der Waals surface area contributed by atoms with Crippen LogP contribution in [0, 0.1) is 6.92 Å². The lowest BCUT2D eigenvalue weighted by Crippen LogP contribution is -2.56. The summed E-state index contributed by atoms with van der Waals surface area (Å²) in [6.45, 7) is 9.03. The van der Waals surface area contributed by atoms with Gasteiger partial charge in [-0.05, 0) is 36.4 Å². The fraction of sp³-hybridized carbons (Fsp3) is 0.261. The lowest BCUT2D eigenvalue weighted by molar-refractivity contribution is -0.732. The van der Waals surface area contributed by atoms with Crippen LogP contribution >= 0.6 is 0 Å². The number of fused-ring (bicyclic) bond motifs is 5. The van der Waals surface area contributed by atoms with Crippen molar-refractivity contribution < 1.29 is 4.57 Å². The molecule has 0 aliphatic carbocycles. The molecule has 0 N–H and O–H groups in total. The Morgan fingerprint density at radius 1 is 1.00 bits per heavy atom. The van der Waals surface area contributed by atoms with Gasteiger partial charge in [0.15, 0.2) is 11.7 Å². The van der Waals surface area contributed by atoms with E-state index in [0.717, 1.165) is 6.42 Å². The first-order chi connectivity index (χ1) is 11.5. The van der Waals surface area contributed by atoms with Crippen LogP contribution in [0.5, 0.6) is 0 Å². The van der Waals surface area contributed by atoms with Crippen molar-refractivity contribution in [1.82, 2.24) is 0 Å². The molecule has 2 heterocycles. The van der Waals surface area contributed by atoms with Gasteiger partial charge in [0.25, 0.3) is 0 Å². The number of pyridine rings is 1. The number of hydrogen-bond donors (Lipinski definition) is 0. The summed E-state index contributed by atoms with van der Waals surface area (Å²) in [6.07, 6.45) is 5.69. The molecule has 0 bridgehead atoms. The number of aromatic nitrogens is 1. The average Bonchev–Trinajstić information content (AvgIpc) is 2.57. The maximum Gasteiger partial charge on any atom is 0.221 e. The van der Waals surface area contributed by atoms with Crippen LogP contribution in [0.3, 0.4) is 0 Å². The van der Waals surface area contributed by atoms with Gasteiger partial charge in [0.05, 0.1) is 10.9 Å². The molecule has 1 heteroatoms. The molecule has 1 aromatic heterocycles. The zero-order valence-corrected chi connectivity index (χ0v) is 14.9. The van der Waals surface area contributed by atoms with Crippen molar-refractivity contribution in [3.05, 3.63) is 71.9 Å². The summed E-state index contributed by atoms with van der Waals surface area (Å²) >= 11 is 0. The molecule has 24 heavy (non-hydrogen) atoms. The highest BCUT2D eigenvalue weighted by atomic mass is 15.1. The molecule has 0 spiro atoms. The molecule has 0 unspecified atom stereocenters. The summed E-state index contributed by atoms with van der Waals surface area (Å²) < 4.78 is 2.45. The van der Waals surface area contributed by atoms with Crippen molar-refractivity contribution in [2.75, 3.05) is 0 Å². The summed E-state index contributed by atoms with van der Waals surface area (Å²) in [5.74, 6) is 0. The Labute approximate surface area is 144 Å². The van der Waals surface area contributed by atoms with Gasteiger partial charge in [0.1, 0.15) is 0 Å². The molecule has 0 fully saturated rings. The smallest absolute Gasteiger partial charge is 0.189 e. The monoisotopic (exact) mass is 314 g/mol. The molecule has 2 aromatic carbocycles. The van der Waals surface area contributed by atoms with Gasteiger partial charge in [-0.1, -0.05) is 48.9 Å². The number of allylic oxidation sites excluding steroid dienone is 2. The lowest BCUT2D eigenvalue weighted by Gasteiger charge is -2.31. The van der Waals surface area contributed by atoms with E-state index in [-0.39, 0.29) is 5.54 Å². The minimum Gasteiger partial charge on any atom is -0.189 e. The van der Waals surface area contributed by atoms with Gasteiger partial charge in [-0.3, -0.25) is 0 Å². The van der Waals surface area contributed by atoms with E-state index in [0.29, 0.717) is 0 Å². The van der Waals surface area contributed by atoms with E-state index in [1.807, 2.05) is 0 Å². The van der Waals surface area contributed by atoms with Crippen LogP contribution in [0.15, 0.2) is 60.8 Å². The Balaban J connectivity index is 2.17. The van der Waals surface area contributed by atoms with Gasteiger partial charge in [-0.25, -0.2) is 0 Å².